The molecule has 2 aromatic carbocycles. The van der Waals surface area contributed by atoms with Crippen molar-refractivity contribution < 1.29 is 27.6 Å². The van der Waals surface area contributed by atoms with Gasteiger partial charge in [-0.2, -0.15) is 0 Å². The summed E-state index contributed by atoms with van der Waals surface area (Å²) in [6.07, 6.45) is 0. The van der Waals surface area contributed by atoms with Crippen LogP contribution >= 0.6 is 0 Å². The fourth-order valence-corrected chi connectivity index (χ4v) is 3.98. The van der Waals surface area contributed by atoms with E-state index in [9.17, 15) is 23.3 Å². The molecule has 0 aliphatic carbocycles. The lowest BCUT2D eigenvalue weighted by atomic mass is 10.2. The van der Waals surface area contributed by atoms with Crippen LogP contribution in [0.5, 0.6) is 5.75 Å². The van der Waals surface area contributed by atoms with Gasteiger partial charge in [-0.25, -0.2) is 8.42 Å². The molecule has 0 aliphatic rings. The van der Waals surface area contributed by atoms with Crippen molar-refractivity contribution in [2.24, 2.45) is 0 Å². The third kappa shape index (κ3) is 4.22. The molecule has 0 heterocycles. The molecule has 150 valence electrons. The van der Waals surface area contributed by atoms with Crippen LogP contribution in [0.2, 0.25) is 0 Å². The highest BCUT2D eigenvalue weighted by Gasteiger charge is 2.31. The van der Waals surface area contributed by atoms with E-state index in [1.807, 2.05) is 0 Å². The molecule has 0 aromatic heterocycles. The Labute approximate surface area is 162 Å². The van der Waals surface area contributed by atoms with Crippen LogP contribution < -0.4 is 9.04 Å². The van der Waals surface area contributed by atoms with Crippen molar-refractivity contribution in [1.82, 2.24) is 0 Å². The molecule has 2 aromatic rings. The minimum atomic E-state index is -4.33. The number of carbonyl (C=O) groups is 1. The van der Waals surface area contributed by atoms with Gasteiger partial charge < -0.3 is 9.47 Å². The van der Waals surface area contributed by atoms with Crippen molar-refractivity contribution in [2.45, 2.75) is 18.7 Å². The van der Waals surface area contributed by atoms with Gasteiger partial charge in [0.2, 0.25) is 0 Å². The fourth-order valence-electron chi connectivity index (χ4n) is 2.55. The summed E-state index contributed by atoms with van der Waals surface area (Å²) < 4.78 is 37.3. The molecule has 0 bridgehead atoms. The van der Waals surface area contributed by atoms with Crippen molar-refractivity contribution in [2.75, 3.05) is 25.1 Å². The summed E-state index contributed by atoms with van der Waals surface area (Å²) in [5.41, 5.74) is 0.832. The molecular weight excluding hydrogens is 388 g/mol. The Balaban J connectivity index is 2.70. The van der Waals surface area contributed by atoms with Crippen LogP contribution in [0.1, 0.15) is 11.1 Å². The first-order valence-corrected chi connectivity index (χ1v) is 9.55. The number of ether oxygens (including phenoxy) is 2. The second-order valence-electron chi connectivity index (χ2n) is 5.97. The molecule has 0 radical (unpaired) electrons. The molecule has 28 heavy (non-hydrogen) atoms. The maximum absolute atomic E-state index is 13.3. The monoisotopic (exact) mass is 408 g/mol. The number of nitro groups is 1. The third-order valence-electron chi connectivity index (χ3n) is 4.07. The predicted octanol–water partition coefficient (Wildman–Crippen LogP) is 2.59. The zero-order chi connectivity index (χ0) is 21.1. The van der Waals surface area contributed by atoms with E-state index in [0.717, 1.165) is 23.0 Å². The number of anilines is 1. The number of hydrogen-bond acceptors (Lipinski definition) is 7. The van der Waals surface area contributed by atoms with Crippen LogP contribution in [0.15, 0.2) is 41.3 Å². The molecule has 10 heteroatoms. The van der Waals surface area contributed by atoms with Gasteiger partial charge in [-0.15, -0.1) is 0 Å². The minimum absolute atomic E-state index is 0.121. The zero-order valence-electron chi connectivity index (χ0n) is 15.8. The molecule has 0 atom stereocenters. The first-order valence-electron chi connectivity index (χ1n) is 8.11. The smallest absolute Gasteiger partial charge is 0.326 e. The maximum Gasteiger partial charge on any atom is 0.326 e. The first kappa shape index (κ1) is 21.2. The number of nitro benzene ring substituents is 1. The molecule has 9 nitrogen and oxygen atoms in total. The maximum atomic E-state index is 13.3. The number of sulfonamides is 1. The van der Waals surface area contributed by atoms with E-state index in [1.165, 1.54) is 26.2 Å². The average Bonchev–Trinajstić information content (AvgIpc) is 2.65. The van der Waals surface area contributed by atoms with Gasteiger partial charge in [-0.05, 0) is 37.6 Å². The summed E-state index contributed by atoms with van der Waals surface area (Å²) >= 11 is 0. The number of rotatable bonds is 7. The van der Waals surface area contributed by atoms with E-state index in [-0.39, 0.29) is 22.0 Å². The number of hydrogen-bond donors (Lipinski definition) is 0. The van der Waals surface area contributed by atoms with Crippen molar-refractivity contribution in [3.63, 3.8) is 0 Å². The summed E-state index contributed by atoms with van der Waals surface area (Å²) in [5.74, 6) is -0.576. The van der Waals surface area contributed by atoms with E-state index in [1.54, 1.807) is 25.1 Å². The Bertz CT molecular complexity index is 1020. The summed E-state index contributed by atoms with van der Waals surface area (Å²) in [4.78, 5) is 22.1. The number of esters is 1. The number of aryl methyl sites for hydroxylation is 2. The van der Waals surface area contributed by atoms with E-state index in [2.05, 4.69) is 4.74 Å². The lowest BCUT2D eigenvalue weighted by molar-refractivity contribution is -0.385. The highest BCUT2D eigenvalue weighted by atomic mass is 32.2. The lowest BCUT2D eigenvalue weighted by Gasteiger charge is -2.25. The number of benzene rings is 2. The minimum Gasteiger partial charge on any atom is -0.495 e. The van der Waals surface area contributed by atoms with Crippen molar-refractivity contribution in [3.05, 3.63) is 57.6 Å². The SMILES string of the molecule is COC(=O)CN(c1cc(C)ccc1OC)S(=O)(=O)c1ccc(C)c([N+](=O)[O-])c1. The number of nitrogens with zero attached hydrogens (tertiary/aromatic N) is 2. The van der Waals surface area contributed by atoms with Crippen molar-refractivity contribution in [1.29, 1.82) is 0 Å². The molecule has 0 amide bonds. The van der Waals surface area contributed by atoms with Crippen LogP contribution in [0.25, 0.3) is 0 Å². The number of carbonyl (C=O) groups excluding carboxylic acids is 1. The van der Waals surface area contributed by atoms with Gasteiger partial charge in [-0.1, -0.05) is 12.1 Å². The average molecular weight is 408 g/mol. The highest BCUT2D eigenvalue weighted by Crippen LogP contribution is 2.34. The molecule has 0 unspecified atom stereocenters. The van der Waals surface area contributed by atoms with Crippen LogP contribution in [0, 0.1) is 24.0 Å². The van der Waals surface area contributed by atoms with Gasteiger partial charge in [0.15, 0.2) is 0 Å². The second kappa shape index (κ2) is 8.26. The Hall–Kier alpha value is -3.14. The molecule has 0 saturated carbocycles. The normalized spacial score (nSPS) is 11.0. The molecule has 0 N–H and O–H groups in total. The lowest BCUT2D eigenvalue weighted by Crippen LogP contribution is -2.36. The molecule has 0 fully saturated rings. The van der Waals surface area contributed by atoms with Crippen LogP contribution in [-0.4, -0.2) is 40.1 Å². The molecule has 0 aliphatic heterocycles. The molecule has 0 saturated heterocycles. The summed E-state index contributed by atoms with van der Waals surface area (Å²) in [6.45, 7) is 2.63. The van der Waals surface area contributed by atoms with E-state index in [0.29, 0.717) is 5.56 Å². The molecule has 0 spiro atoms. The summed E-state index contributed by atoms with van der Waals surface area (Å²) in [7, 11) is -1.83. The van der Waals surface area contributed by atoms with Crippen molar-refractivity contribution in [3.8, 4) is 5.75 Å². The largest absolute Gasteiger partial charge is 0.495 e. The molecule has 2 rings (SSSR count). The van der Waals surface area contributed by atoms with Gasteiger partial charge in [0.1, 0.15) is 12.3 Å². The van der Waals surface area contributed by atoms with Gasteiger partial charge in [0.05, 0.1) is 29.7 Å². The van der Waals surface area contributed by atoms with Gasteiger partial charge in [0, 0.05) is 11.6 Å². The van der Waals surface area contributed by atoms with Crippen molar-refractivity contribution >= 4 is 27.4 Å². The highest BCUT2D eigenvalue weighted by molar-refractivity contribution is 7.92. The Morgan fingerprint density at radius 2 is 1.82 bits per heavy atom. The van der Waals surface area contributed by atoms with Gasteiger partial charge in [0.25, 0.3) is 15.7 Å². The van der Waals surface area contributed by atoms with Gasteiger partial charge >= 0.3 is 5.97 Å². The second-order valence-corrected chi connectivity index (χ2v) is 7.83. The summed E-state index contributed by atoms with van der Waals surface area (Å²) in [5, 5.41) is 11.2. The van der Waals surface area contributed by atoms with Crippen LogP contribution in [-0.2, 0) is 19.6 Å². The van der Waals surface area contributed by atoms with E-state index in [4.69, 9.17) is 4.74 Å². The fraction of sp³-hybridized carbons (Fsp3) is 0.278. The Kier molecular flexibility index (Phi) is 6.24. The zero-order valence-corrected chi connectivity index (χ0v) is 16.6. The standard InChI is InChI=1S/C18H20N2O7S/c1-12-5-8-17(26-3)16(9-12)19(11-18(21)27-4)28(24,25)14-7-6-13(2)15(10-14)20(22)23/h5-10H,11H2,1-4H3. The van der Waals surface area contributed by atoms with Crippen LogP contribution in [0.3, 0.4) is 0 Å². The Morgan fingerprint density at radius 1 is 1.14 bits per heavy atom. The number of methoxy groups -OCH3 is 2. The molecular formula is C18H20N2O7S. The summed E-state index contributed by atoms with van der Waals surface area (Å²) in [6, 6.07) is 8.40. The van der Waals surface area contributed by atoms with E-state index < -0.39 is 27.5 Å². The third-order valence-corrected chi connectivity index (χ3v) is 5.82. The Morgan fingerprint density at radius 3 is 2.39 bits per heavy atom. The van der Waals surface area contributed by atoms with Crippen LogP contribution in [0.4, 0.5) is 11.4 Å². The topological polar surface area (TPSA) is 116 Å². The quantitative estimate of drug-likeness (QED) is 0.393. The van der Waals surface area contributed by atoms with E-state index >= 15 is 0 Å². The first-order chi connectivity index (χ1) is 13.1. The predicted molar refractivity (Wildman–Crippen MR) is 102 cm³/mol. The van der Waals surface area contributed by atoms with Gasteiger partial charge in [-0.3, -0.25) is 19.2 Å².